The largest absolute Gasteiger partial charge is 0.466 e. The van der Waals surface area contributed by atoms with Crippen LogP contribution in [0.1, 0.15) is 22.6 Å². The van der Waals surface area contributed by atoms with Crippen LogP contribution in [0.4, 0.5) is 0 Å². The van der Waals surface area contributed by atoms with Crippen molar-refractivity contribution in [1.29, 1.82) is 0 Å². The molecule has 0 unspecified atom stereocenters. The molecule has 1 aliphatic rings. The summed E-state index contributed by atoms with van der Waals surface area (Å²) in [7, 11) is 3.79. The number of hydrogen-bond donors (Lipinski definition) is 1. The molecule has 1 aliphatic heterocycles. The quantitative estimate of drug-likeness (QED) is 0.690. The van der Waals surface area contributed by atoms with E-state index in [0.717, 1.165) is 46.7 Å². The molecule has 1 aromatic heterocycles. The van der Waals surface area contributed by atoms with Crippen LogP contribution in [0, 0.1) is 13.8 Å². The van der Waals surface area contributed by atoms with Crippen LogP contribution in [0.3, 0.4) is 0 Å². The Bertz CT molecular complexity index is 752. The van der Waals surface area contributed by atoms with Crippen LogP contribution in [0.2, 0.25) is 0 Å². The average molecular weight is 329 g/mol. The lowest BCUT2D eigenvalue weighted by molar-refractivity contribution is 0.174. The summed E-state index contributed by atoms with van der Waals surface area (Å²) in [5, 5.41) is 3.37. The molecular weight excluding hydrogens is 306 g/mol. The van der Waals surface area contributed by atoms with Gasteiger partial charge in [0.15, 0.2) is 17.5 Å². The zero-order valence-corrected chi connectivity index (χ0v) is 14.5. The highest BCUT2D eigenvalue weighted by molar-refractivity contribution is 5.79. The minimum Gasteiger partial charge on any atom is -0.466 e. The summed E-state index contributed by atoms with van der Waals surface area (Å²) in [6, 6.07) is 8.04. The lowest BCUT2D eigenvalue weighted by Crippen LogP contribution is -2.38. The maximum atomic E-state index is 5.56. The molecule has 6 nitrogen and oxygen atoms in total. The lowest BCUT2D eigenvalue weighted by Gasteiger charge is -2.22. The standard InChI is InChI=1S/C18H23N3O3/c1-12-7-15(13(2)24-12)9-20-18(19-3)21(4)10-14-5-6-16-17(8-14)23-11-22-16/h5-8H,9-11H2,1-4H3,(H,19,20). The van der Waals surface area contributed by atoms with Crippen LogP contribution < -0.4 is 14.8 Å². The van der Waals surface area contributed by atoms with Gasteiger partial charge in [0.1, 0.15) is 11.5 Å². The van der Waals surface area contributed by atoms with Gasteiger partial charge in [0.2, 0.25) is 6.79 Å². The first kappa shape index (κ1) is 16.2. The Labute approximate surface area is 142 Å². The molecule has 1 N–H and O–H groups in total. The minimum atomic E-state index is 0.293. The fourth-order valence-electron chi connectivity index (χ4n) is 2.81. The van der Waals surface area contributed by atoms with E-state index in [-0.39, 0.29) is 0 Å². The molecule has 0 fully saturated rings. The Balaban J connectivity index is 1.62. The highest BCUT2D eigenvalue weighted by Crippen LogP contribution is 2.32. The fourth-order valence-corrected chi connectivity index (χ4v) is 2.81. The molecule has 24 heavy (non-hydrogen) atoms. The normalized spacial score (nSPS) is 13.2. The van der Waals surface area contributed by atoms with Crippen molar-refractivity contribution >= 4 is 5.96 Å². The fraction of sp³-hybridized carbons (Fsp3) is 0.389. The smallest absolute Gasteiger partial charge is 0.231 e. The van der Waals surface area contributed by atoms with E-state index in [0.29, 0.717) is 13.3 Å². The number of nitrogens with zero attached hydrogens (tertiary/aromatic N) is 2. The van der Waals surface area contributed by atoms with Gasteiger partial charge in [0.25, 0.3) is 0 Å². The molecule has 0 aliphatic carbocycles. The first-order valence-corrected chi connectivity index (χ1v) is 7.93. The van der Waals surface area contributed by atoms with Gasteiger partial charge in [0.05, 0.1) is 0 Å². The van der Waals surface area contributed by atoms with Crippen molar-refractivity contribution in [3.63, 3.8) is 0 Å². The van der Waals surface area contributed by atoms with Crippen LogP contribution in [0.15, 0.2) is 33.7 Å². The van der Waals surface area contributed by atoms with E-state index >= 15 is 0 Å². The maximum Gasteiger partial charge on any atom is 0.231 e. The van der Waals surface area contributed by atoms with Crippen molar-refractivity contribution in [2.24, 2.45) is 4.99 Å². The van der Waals surface area contributed by atoms with Crippen LogP contribution in [0.5, 0.6) is 11.5 Å². The van der Waals surface area contributed by atoms with Gasteiger partial charge in [-0.1, -0.05) is 6.07 Å². The Morgan fingerprint density at radius 3 is 2.71 bits per heavy atom. The Kier molecular flexibility index (Phi) is 4.64. The van der Waals surface area contributed by atoms with E-state index in [1.54, 1.807) is 7.05 Å². The number of aryl methyl sites for hydroxylation is 2. The van der Waals surface area contributed by atoms with E-state index in [1.165, 1.54) is 0 Å². The van der Waals surface area contributed by atoms with Crippen molar-refractivity contribution in [2.75, 3.05) is 20.9 Å². The molecule has 0 radical (unpaired) electrons. The van der Waals surface area contributed by atoms with Gasteiger partial charge in [-0.15, -0.1) is 0 Å². The molecule has 2 aromatic rings. The van der Waals surface area contributed by atoms with Crippen molar-refractivity contribution in [1.82, 2.24) is 10.2 Å². The topological polar surface area (TPSA) is 59.2 Å². The first-order valence-electron chi connectivity index (χ1n) is 7.93. The number of furan rings is 1. The van der Waals surface area contributed by atoms with E-state index in [9.17, 15) is 0 Å². The third kappa shape index (κ3) is 3.48. The number of ether oxygens (including phenoxy) is 2. The monoisotopic (exact) mass is 329 g/mol. The molecule has 6 heteroatoms. The zero-order chi connectivity index (χ0) is 17.1. The summed E-state index contributed by atoms with van der Waals surface area (Å²) in [5.41, 5.74) is 2.28. The highest BCUT2D eigenvalue weighted by Gasteiger charge is 2.15. The predicted molar refractivity (Wildman–Crippen MR) is 92.4 cm³/mol. The Morgan fingerprint density at radius 2 is 2.00 bits per heavy atom. The van der Waals surface area contributed by atoms with Crippen molar-refractivity contribution in [3.8, 4) is 11.5 Å². The lowest BCUT2D eigenvalue weighted by atomic mass is 10.2. The Morgan fingerprint density at radius 1 is 1.21 bits per heavy atom. The van der Waals surface area contributed by atoms with E-state index in [1.807, 2.05) is 45.2 Å². The van der Waals surface area contributed by atoms with Gasteiger partial charge in [0, 0.05) is 32.7 Å². The van der Waals surface area contributed by atoms with Gasteiger partial charge in [-0.05, 0) is 37.6 Å². The summed E-state index contributed by atoms with van der Waals surface area (Å²) >= 11 is 0. The third-order valence-electron chi connectivity index (χ3n) is 4.01. The average Bonchev–Trinajstić information content (AvgIpc) is 3.13. The van der Waals surface area contributed by atoms with Crippen molar-refractivity contribution in [2.45, 2.75) is 26.9 Å². The van der Waals surface area contributed by atoms with Gasteiger partial charge >= 0.3 is 0 Å². The van der Waals surface area contributed by atoms with Crippen LogP contribution in [-0.4, -0.2) is 31.7 Å². The second kappa shape index (κ2) is 6.86. The molecule has 128 valence electrons. The number of nitrogens with one attached hydrogen (secondary N) is 1. The maximum absolute atomic E-state index is 5.56. The highest BCUT2D eigenvalue weighted by atomic mass is 16.7. The van der Waals surface area contributed by atoms with Gasteiger partial charge in [-0.2, -0.15) is 0 Å². The summed E-state index contributed by atoms with van der Waals surface area (Å²) in [4.78, 5) is 6.42. The second-order valence-corrected chi connectivity index (χ2v) is 5.88. The molecule has 1 aromatic carbocycles. The summed E-state index contributed by atoms with van der Waals surface area (Å²) < 4.78 is 16.3. The first-order chi connectivity index (χ1) is 11.6. The van der Waals surface area contributed by atoms with E-state index < -0.39 is 0 Å². The molecule has 2 heterocycles. The van der Waals surface area contributed by atoms with Crippen LogP contribution in [0.25, 0.3) is 0 Å². The van der Waals surface area contributed by atoms with Crippen LogP contribution in [-0.2, 0) is 13.1 Å². The van der Waals surface area contributed by atoms with Crippen LogP contribution >= 0.6 is 0 Å². The summed E-state index contributed by atoms with van der Waals surface area (Å²) in [6.07, 6.45) is 0. The molecule has 0 atom stereocenters. The molecule has 0 amide bonds. The molecule has 0 saturated carbocycles. The number of guanidine groups is 1. The SMILES string of the molecule is CN=C(NCc1cc(C)oc1C)N(C)Cc1ccc2c(c1)OCO2. The number of hydrogen-bond acceptors (Lipinski definition) is 4. The third-order valence-corrected chi connectivity index (χ3v) is 4.01. The minimum absolute atomic E-state index is 0.293. The van der Waals surface area contributed by atoms with Crippen molar-refractivity contribution in [3.05, 3.63) is 46.9 Å². The van der Waals surface area contributed by atoms with Gasteiger partial charge in [-0.25, -0.2) is 0 Å². The number of fused-ring (bicyclic) bond motifs is 1. The number of rotatable bonds is 4. The molecule has 3 rings (SSSR count). The van der Waals surface area contributed by atoms with E-state index in [4.69, 9.17) is 13.9 Å². The second-order valence-electron chi connectivity index (χ2n) is 5.88. The molecule has 0 spiro atoms. The summed E-state index contributed by atoms with van der Waals surface area (Å²) in [6.45, 7) is 5.63. The van der Waals surface area contributed by atoms with Gasteiger partial charge in [-0.3, -0.25) is 4.99 Å². The van der Waals surface area contributed by atoms with Crippen molar-refractivity contribution < 1.29 is 13.9 Å². The zero-order valence-electron chi connectivity index (χ0n) is 14.5. The molecular formula is C18H23N3O3. The van der Waals surface area contributed by atoms with E-state index in [2.05, 4.69) is 15.2 Å². The molecule has 0 saturated heterocycles. The number of aliphatic imine (C=N–C) groups is 1. The number of benzene rings is 1. The Hall–Kier alpha value is -2.63. The van der Waals surface area contributed by atoms with Gasteiger partial charge < -0.3 is 24.1 Å². The summed E-state index contributed by atoms with van der Waals surface area (Å²) in [5.74, 6) is 4.29. The predicted octanol–water partition coefficient (Wildman–Crippen LogP) is 2.83. The molecule has 0 bridgehead atoms.